The van der Waals surface area contributed by atoms with Crippen LogP contribution in [0.4, 0.5) is 0 Å². The molecule has 0 atom stereocenters. The summed E-state index contributed by atoms with van der Waals surface area (Å²) in [4.78, 5) is 17.4. The fourth-order valence-corrected chi connectivity index (χ4v) is 3.65. The van der Waals surface area contributed by atoms with Crippen molar-refractivity contribution in [2.24, 2.45) is 4.99 Å². The summed E-state index contributed by atoms with van der Waals surface area (Å²) < 4.78 is 4.98. The number of rotatable bonds is 3. The van der Waals surface area contributed by atoms with Gasteiger partial charge in [0.15, 0.2) is 10.5 Å². The number of carbonyl (C=O) groups is 1. The summed E-state index contributed by atoms with van der Waals surface area (Å²) >= 11 is 1.54. The van der Waals surface area contributed by atoms with Crippen LogP contribution in [-0.2, 0) is 6.54 Å². The van der Waals surface area contributed by atoms with Crippen molar-refractivity contribution in [2.45, 2.75) is 40.3 Å². The van der Waals surface area contributed by atoms with Crippen molar-refractivity contribution in [1.29, 1.82) is 0 Å². The van der Waals surface area contributed by atoms with E-state index in [1.807, 2.05) is 20.0 Å². The second-order valence-electron chi connectivity index (χ2n) is 5.79. The van der Waals surface area contributed by atoms with Gasteiger partial charge >= 0.3 is 0 Å². The van der Waals surface area contributed by atoms with E-state index in [1.165, 1.54) is 16.9 Å². The van der Waals surface area contributed by atoms with Gasteiger partial charge in [-0.1, -0.05) is 17.4 Å². The van der Waals surface area contributed by atoms with E-state index in [1.54, 1.807) is 10.7 Å². The lowest BCUT2D eigenvalue weighted by Crippen LogP contribution is -2.16. The molecule has 0 aliphatic heterocycles. The molecule has 0 aliphatic carbocycles. The first kappa shape index (κ1) is 15.7. The molecule has 5 nitrogen and oxygen atoms in total. The quantitative estimate of drug-likeness (QED) is 0.738. The molecule has 0 saturated heterocycles. The van der Waals surface area contributed by atoms with Crippen molar-refractivity contribution in [3.63, 3.8) is 0 Å². The third-order valence-electron chi connectivity index (χ3n) is 3.71. The molecule has 23 heavy (non-hydrogen) atoms. The molecule has 0 spiro atoms. The SMILES string of the molecule is CCn1c(=NC(=O)c2ccn(C(C)C)n2)sc2cc(C)ccc21. The van der Waals surface area contributed by atoms with Gasteiger partial charge in [0.2, 0.25) is 0 Å². The minimum atomic E-state index is -0.296. The molecule has 0 unspecified atom stereocenters. The fourth-order valence-electron chi connectivity index (χ4n) is 2.46. The van der Waals surface area contributed by atoms with Gasteiger partial charge in [0.1, 0.15) is 0 Å². The highest BCUT2D eigenvalue weighted by Crippen LogP contribution is 2.19. The summed E-state index contributed by atoms with van der Waals surface area (Å²) in [7, 11) is 0. The molecule has 3 aromatic rings. The normalized spacial score (nSPS) is 12.5. The lowest BCUT2D eigenvalue weighted by molar-refractivity contribution is 0.0992. The maximum atomic E-state index is 12.4. The topological polar surface area (TPSA) is 52.2 Å². The van der Waals surface area contributed by atoms with Crippen molar-refractivity contribution >= 4 is 27.5 Å². The van der Waals surface area contributed by atoms with Gasteiger partial charge in [-0.2, -0.15) is 10.1 Å². The molecule has 1 amide bonds. The molecule has 6 heteroatoms. The molecule has 0 aliphatic rings. The zero-order valence-electron chi connectivity index (χ0n) is 13.8. The summed E-state index contributed by atoms with van der Waals surface area (Å²) in [5, 5.41) is 4.30. The Bertz CT molecular complexity index is 930. The molecule has 3 rings (SSSR count). The minimum Gasteiger partial charge on any atom is -0.317 e. The Morgan fingerprint density at radius 1 is 1.35 bits per heavy atom. The lowest BCUT2D eigenvalue weighted by atomic mass is 10.2. The highest BCUT2D eigenvalue weighted by atomic mass is 32.1. The predicted octanol–water partition coefficient (Wildman–Crippen LogP) is 3.55. The number of aromatic nitrogens is 3. The number of amides is 1. The Balaban J connectivity index is 2.07. The molecule has 120 valence electrons. The molecule has 0 radical (unpaired) electrons. The third kappa shape index (κ3) is 2.99. The number of hydrogen-bond donors (Lipinski definition) is 0. The van der Waals surface area contributed by atoms with E-state index in [9.17, 15) is 4.79 Å². The molecular formula is C17H20N4OS. The van der Waals surface area contributed by atoms with Crippen molar-refractivity contribution < 1.29 is 4.79 Å². The predicted molar refractivity (Wildman–Crippen MR) is 92.7 cm³/mol. The fraction of sp³-hybridized carbons (Fsp3) is 0.353. The lowest BCUT2D eigenvalue weighted by Gasteiger charge is -2.02. The van der Waals surface area contributed by atoms with Crippen LogP contribution in [0, 0.1) is 6.92 Å². The van der Waals surface area contributed by atoms with E-state index >= 15 is 0 Å². The molecule has 2 heterocycles. The minimum absolute atomic E-state index is 0.226. The van der Waals surface area contributed by atoms with Gasteiger partial charge in [0.25, 0.3) is 5.91 Å². The monoisotopic (exact) mass is 328 g/mol. The Labute approximate surface area is 138 Å². The van der Waals surface area contributed by atoms with Crippen molar-refractivity contribution in [3.05, 3.63) is 46.5 Å². The number of thiazole rings is 1. The summed E-state index contributed by atoms with van der Waals surface area (Å²) in [6.45, 7) is 8.95. The second-order valence-corrected chi connectivity index (χ2v) is 6.80. The van der Waals surface area contributed by atoms with Crippen molar-refractivity contribution in [3.8, 4) is 0 Å². The van der Waals surface area contributed by atoms with Crippen LogP contribution in [0.2, 0.25) is 0 Å². The maximum Gasteiger partial charge on any atom is 0.300 e. The van der Waals surface area contributed by atoms with Crippen LogP contribution >= 0.6 is 11.3 Å². The number of carbonyl (C=O) groups excluding carboxylic acids is 1. The van der Waals surface area contributed by atoms with Gasteiger partial charge in [-0.25, -0.2) is 0 Å². The molecule has 2 aromatic heterocycles. The van der Waals surface area contributed by atoms with Crippen LogP contribution in [0.5, 0.6) is 0 Å². The first-order valence-corrected chi connectivity index (χ1v) is 8.55. The van der Waals surface area contributed by atoms with E-state index in [-0.39, 0.29) is 11.9 Å². The van der Waals surface area contributed by atoms with Crippen LogP contribution in [-0.4, -0.2) is 20.3 Å². The largest absolute Gasteiger partial charge is 0.317 e. The van der Waals surface area contributed by atoms with E-state index in [2.05, 4.69) is 46.7 Å². The van der Waals surface area contributed by atoms with E-state index < -0.39 is 0 Å². The Morgan fingerprint density at radius 3 is 2.78 bits per heavy atom. The van der Waals surface area contributed by atoms with Crippen LogP contribution < -0.4 is 4.80 Å². The zero-order chi connectivity index (χ0) is 16.6. The summed E-state index contributed by atoms with van der Waals surface area (Å²) in [6.07, 6.45) is 1.82. The molecule has 0 saturated carbocycles. The van der Waals surface area contributed by atoms with Gasteiger partial charge in [-0.05, 0) is 51.5 Å². The third-order valence-corrected chi connectivity index (χ3v) is 4.75. The highest BCUT2D eigenvalue weighted by molar-refractivity contribution is 7.16. The molecule has 0 bridgehead atoms. The average molecular weight is 328 g/mol. The number of aryl methyl sites for hydroxylation is 2. The number of nitrogens with zero attached hydrogens (tertiary/aromatic N) is 4. The average Bonchev–Trinajstić information content (AvgIpc) is 3.10. The van der Waals surface area contributed by atoms with Crippen LogP contribution in [0.1, 0.15) is 42.9 Å². The van der Waals surface area contributed by atoms with Crippen molar-refractivity contribution in [1.82, 2.24) is 14.3 Å². The van der Waals surface area contributed by atoms with Gasteiger partial charge in [-0.3, -0.25) is 9.48 Å². The highest BCUT2D eigenvalue weighted by Gasteiger charge is 2.12. The van der Waals surface area contributed by atoms with Crippen molar-refractivity contribution in [2.75, 3.05) is 0 Å². The van der Waals surface area contributed by atoms with Gasteiger partial charge in [0, 0.05) is 18.8 Å². The molecule has 1 aromatic carbocycles. The summed E-state index contributed by atoms with van der Waals surface area (Å²) in [5.74, 6) is -0.296. The summed E-state index contributed by atoms with van der Waals surface area (Å²) in [5.41, 5.74) is 2.70. The zero-order valence-corrected chi connectivity index (χ0v) is 14.6. The Kier molecular flexibility index (Phi) is 4.17. The maximum absolute atomic E-state index is 12.4. The first-order chi connectivity index (χ1) is 11.0. The van der Waals surface area contributed by atoms with Gasteiger partial charge < -0.3 is 4.57 Å². The second kappa shape index (κ2) is 6.12. The molecular weight excluding hydrogens is 308 g/mol. The van der Waals surface area contributed by atoms with E-state index in [0.717, 1.165) is 21.6 Å². The smallest absolute Gasteiger partial charge is 0.300 e. The number of hydrogen-bond acceptors (Lipinski definition) is 3. The first-order valence-electron chi connectivity index (χ1n) is 7.73. The number of fused-ring (bicyclic) bond motifs is 1. The van der Waals surface area contributed by atoms with E-state index in [4.69, 9.17) is 0 Å². The summed E-state index contributed by atoms with van der Waals surface area (Å²) in [6, 6.07) is 8.24. The van der Waals surface area contributed by atoms with Crippen LogP contribution in [0.15, 0.2) is 35.5 Å². The van der Waals surface area contributed by atoms with Crippen LogP contribution in [0.3, 0.4) is 0 Å². The Hall–Kier alpha value is -2.21. The standard InChI is InChI=1S/C17H20N4OS/c1-5-20-14-7-6-12(4)10-15(14)23-17(20)18-16(22)13-8-9-21(19-13)11(2)3/h6-11H,5H2,1-4H3. The van der Waals surface area contributed by atoms with Gasteiger partial charge in [0.05, 0.1) is 10.2 Å². The Morgan fingerprint density at radius 2 is 2.13 bits per heavy atom. The molecule has 0 N–H and O–H groups in total. The van der Waals surface area contributed by atoms with Gasteiger partial charge in [-0.15, -0.1) is 0 Å². The number of benzene rings is 1. The molecule has 0 fully saturated rings. The van der Waals surface area contributed by atoms with E-state index in [0.29, 0.717) is 5.69 Å². The van der Waals surface area contributed by atoms with Crippen LogP contribution in [0.25, 0.3) is 10.2 Å².